The predicted molar refractivity (Wildman–Crippen MR) is 89.6 cm³/mol. The molecule has 0 bridgehead atoms. The molecular formula is C17H23N5O3. The Labute approximate surface area is 146 Å². The maximum Gasteiger partial charge on any atom is 0.410 e. The van der Waals surface area contributed by atoms with E-state index in [4.69, 9.17) is 9.26 Å². The smallest absolute Gasteiger partial charge is 0.410 e. The largest absolute Gasteiger partial charge is 0.444 e. The summed E-state index contributed by atoms with van der Waals surface area (Å²) in [4.78, 5) is 26.6. The average Bonchev–Trinajstić information content (AvgIpc) is 3.03. The van der Waals surface area contributed by atoms with Gasteiger partial charge < -0.3 is 14.2 Å². The fraction of sp³-hybridized carbons (Fsp3) is 0.588. The Morgan fingerprint density at radius 2 is 2.24 bits per heavy atom. The molecule has 0 N–H and O–H groups in total. The number of hydrogen-bond acceptors (Lipinski definition) is 7. The van der Waals surface area contributed by atoms with E-state index in [0.717, 1.165) is 19.4 Å². The molecule has 8 nitrogen and oxygen atoms in total. The Balaban J connectivity index is 1.60. The molecule has 8 heteroatoms. The van der Waals surface area contributed by atoms with Gasteiger partial charge in [-0.2, -0.15) is 4.98 Å². The number of amides is 1. The van der Waals surface area contributed by atoms with E-state index in [0.29, 0.717) is 30.4 Å². The van der Waals surface area contributed by atoms with Crippen LogP contribution in [0.15, 0.2) is 23.1 Å². The number of rotatable bonds is 3. The van der Waals surface area contributed by atoms with Crippen LogP contribution in [0.25, 0.3) is 11.5 Å². The van der Waals surface area contributed by atoms with Gasteiger partial charge in [0, 0.05) is 31.9 Å². The van der Waals surface area contributed by atoms with Gasteiger partial charge in [-0.3, -0.25) is 4.98 Å². The van der Waals surface area contributed by atoms with Crippen molar-refractivity contribution in [2.75, 3.05) is 13.1 Å². The highest BCUT2D eigenvalue weighted by Crippen LogP contribution is 2.23. The van der Waals surface area contributed by atoms with Crippen molar-refractivity contribution in [3.05, 3.63) is 24.5 Å². The number of nitrogens with zero attached hydrogens (tertiary/aromatic N) is 5. The molecule has 1 aliphatic rings. The zero-order chi connectivity index (χ0) is 17.9. The van der Waals surface area contributed by atoms with Gasteiger partial charge in [-0.15, -0.1) is 0 Å². The van der Waals surface area contributed by atoms with Gasteiger partial charge in [0.2, 0.25) is 11.7 Å². The number of hydrogen-bond donors (Lipinski definition) is 0. The van der Waals surface area contributed by atoms with Crippen LogP contribution in [0.4, 0.5) is 4.79 Å². The number of piperidine rings is 1. The molecule has 25 heavy (non-hydrogen) atoms. The van der Waals surface area contributed by atoms with Gasteiger partial charge in [-0.05, 0) is 39.5 Å². The topological polar surface area (TPSA) is 94.2 Å². The van der Waals surface area contributed by atoms with Crippen molar-refractivity contribution in [2.24, 2.45) is 5.92 Å². The lowest BCUT2D eigenvalue weighted by atomic mass is 9.95. The van der Waals surface area contributed by atoms with Crippen LogP contribution < -0.4 is 0 Å². The Kier molecular flexibility index (Phi) is 4.96. The van der Waals surface area contributed by atoms with Crippen molar-refractivity contribution in [1.82, 2.24) is 25.0 Å². The summed E-state index contributed by atoms with van der Waals surface area (Å²) in [6, 6.07) is 0. The van der Waals surface area contributed by atoms with Crippen LogP contribution in [0, 0.1) is 5.92 Å². The predicted octanol–water partition coefficient (Wildman–Crippen LogP) is 2.72. The molecular weight excluding hydrogens is 322 g/mol. The SMILES string of the molecule is CC(C)(C)OC(=O)N1CCCC(Cc2nc(-c3cnccn3)no2)C1. The molecule has 0 spiro atoms. The second-order valence-electron chi connectivity index (χ2n) is 7.24. The van der Waals surface area contributed by atoms with Gasteiger partial charge in [0.25, 0.3) is 0 Å². The average molecular weight is 345 g/mol. The number of carbonyl (C=O) groups excluding carboxylic acids is 1. The highest BCUT2D eigenvalue weighted by atomic mass is 16.6. The van der Waals surface area contributed by atoms with Gasteiger partial charge in [0.1, 0.15) is 11.3 Å². The molecule has 0 aromatic carbocycles. The lowest BCUT2D eigenvalue weighted by Crippen LogP contribution is -2.43. The quantitative estimate of drug-likeness (QED) is 0.844. The molecule has 1 amide bonds. The van der Waals surface area contributed by atoms with E-state index >= 15 is 0 Å². The van der Waals surface area contributed by atoms with Gasteiger partial charge >= 0.3 is 6.09 Å². The van der Waals surface area contributed by atoms with E-state index in [1.54, 1.807) is 23.5 Å². The van der Waals surface area contributed by atoms with Crippen LogP contribution in [0.2, 0.25) is 0 Å². The number of aromatic nitrogens is 4. The van der Waals surface area contributed by atoms with Gasteiger partial charge in [-0.25, -0.2) is 9.78 Å². The first-order valence-corrected chi connectivity index (χ1v) is 8.47. The van der Waals surface area contributed by atoms with Crippen LogP contribution in [0.1, 0.15) is 39.5 Å². The molecule has 1 unspecified atom stereocenters. The standard InChI is InChI=1S/C17H23N5O3/c1-17(2,3)24-16(23)22-8-4-5-12(11-22)9-14-20-15(21-25-14)13-10-18-6-7-19-13/h6-7,10,12H,4-5,8-9,11H2,1-3H3. The van der Waals surface area contributed by atoms with Crippen LogP contribution in [-0.4, -0.2) is 49.8 Å². The summed E-state index contributed by atoms with van der Waals surface area (Å²) >= 11 is 0. The molecule has 1 fully saturated rings. The minimum absolute atomic E-state index is 0.261. The molecule has 1 aliphatic heterocycles. The van der Waals surface area contributed by atoms with Crippen molar-refractivity contribution >= 4 is 6.09 Å². The maximum atomic E-state index is 12.2. The summed E-state index contributed by atoms with van der Waals surface area (Å²) in [6.45, 7) is 6.98. The first kappa shape index (κ1) is 17.3. The van der Waals surface area contributed by atoms with E-state index in [9.17, 15) is 4.79 Å². The molecule has 3 rings (SSSR count). The van der Waals surface area contributed by atoms with Gasteiger partial charge in [0.05, 0.1) is 6.20 Å². The van der Waals surface area contributed by atoms with E-state index in [2.05, 4.69) is 20.1 Å². The highest BCUT2D eigenvalue weighted by molar-refractivity contribution is 5.68. The Morgan fingerprint density at radius 1 is 1.40 bits per heavy atom. The molecule has 134 valence electrons. The first-order chi connectivity index (χ1) is 11.9. The zero-order valence-corrected chi connectivity index (χ0v) is 14.8. The lowest BCUT2D eigenvalue weighted by molar-refractivity contribution is 0.0162. The van der Waals surface area contributed by atoms with E-state index < -0.39 is 5.60 Å². The summed E-state index contributed by atoms with van der Waals surface area (Å²) in [5.74, 6) is 1.26. The van der Waals surface area contributed by atoms with Crippen molar-refractivity contribution < 1.29 is 14.1 Å². The van der Waals surface area contributed by atoms with E-state index in [1.807, 2.05) is 20.8 Å². The lowest BCUT2D eigenvalue weighted by Gasteiger charge is -2.33. The van der Waals surface area contributed by atoms with Crippen molar-refractivity contribution in [3.63, 3.8) is 0 Å². The minimum Gasteiger partial charge on any atom is -0.444 e. The van der Waals surface area contributed by atoms with E-state index in [1.165, 1.54) is 0 Å². The Bertz CT molecular complexity index is 711. The third kappa shape index (κ3) is 4.74. The van der Waals surface area contributed by atoms with Gasteiger partial charge in [0.15, 0.2) is 0 Å². The first-order valence-electron chi connectivity index (χ1n) is 8.47. The molecule has 0 radical (unpaired) electrons. The van der Waals surface area contributed by atoms with E-state index in [-0.39, 0.29) is 12.0 Å². The summed E-state index contributed by atoms with van der Waals surface area (Å²) in [5, 5.41) is 3.96. The third-order valence-electron chi connectivity index (χ3n) is 3.89. The second kappa shape index (κ2) is 7.16. The van der Waals surface area contributed by atoms with Crippen molar-refractivity contribution in [3.8, 4) is 11.5 Å². The third-order valence-corrected chi connectivity index (χ3v) is 3.89. The normalized spacial score (nSPS) is 18.2. The molecule has 2 aromatic rings. The maximum absolute atomic E-state index is 12.2. The Morgan fingerprint density at radius 3 is 2.96 bits per heavy atom. The molecule has 1 saturated heterocycles. The molecule has 2 aromatic heterocycles. The number of likely N-dealkylation sites (tertiary alicyclic amines) is 1. The summed E-state index contributed by atoms with van der Waals surface area (Å²) in [7, 11) is 0. The van der Waals surface area contributed by atoms with Crippen LogP contribution in [-0.2, 0) is 11.2 Å². The van der Waals surface area contributed by atoms with Crippen LogP contribution in [0.5, 0.6) is 0 Å². The van der Waals surface area contributed by atoms with Gasteiger partial charge in [-0.1, -0.05) is 5.16 Å². The minimum atomic E-state index is -0.484. The van der Waals surface area contributed by atoms with Crippen LogP contribution >= 0.6 is 0 Å². The zero-order valence-electron chi connectivity index (χ0n) is 14.8. The summed E-state index contributed by atoms with van der Waals surface area (Å²) in [5.41, 5.74) is 0.0961. The second-order valence-corrected chi connectivity index (χ2v) is 7.24. The highest BCUT2D eigenvalue weighted by Gasteiger charge is 2.28. The number of ether oxygens (including phenoxy) is 1. The fourth-order valence-electron chi connectivity index (χ4n) is 2.83. The number of carbonyl (C=O) groups is 1. The fourth-order valence-corrected chi connectivity index (χ4v) is 2.83. The van der Waals surface area contributed by atoms with Crippen molar-refractivity contribution in [2.45, 2.75) is 45.6 Å². The molecule has 1 atom stereocenters. The Hall–Kier alpha value is -2.51. The summed E-state index contributed by atoms with van der Waals surface area (Å²) < 4.78 is 10.8. The monoisotopic (exact) mass is 345 g/mol. The van der Waals surface area contributed by atoms with Crippen molar-refractivity contribution in [1.29, 1.82) is 0 Å². The summed E-state index contributed by atoms with van der Waals surface area (Å²) in [6.07, 6.45) is 7.11. The molecule has 0 aliphatic carbocycles. The molecule has 3 heterocycles. The van der Waals surface area contributed by atoms with Crippen LogP contribution in [0.3, 0.4) is 0 Å². The molecule has 0 saturated carbocycles.